The molecule has 1 aromatic heterocycles. The maximum Gasteiger partial charge on any atom is 0.137 e. The van der Waals surface area contributed by atoms with Gasteiger partial charge in [-0.3, -0.25) is 0 Å². The topological polar surface area (TPSA) is 42.4 Å². The summed E-state index contributed by atoms with van der Waals surface area (Å²) >= 11 is 3.52. The third-order valence-corrected chi connectivity index (χ3v) is 4.41. The van der Waals surface area contributed by atoms with Crippen LogP contribution in [-0.4, -0.2) is 13.1 Å². The summed E-state index contributed by atoms with van der Waals surface area (Å²) < 4.78 is 6.56. The van der Waals surface area contributed by atoms with Gasteiger partial charge in [-0.1, -0.05) is 18.2 Å². The number of para-hydroxylation sites is 1. The van der Waals surface area contributed by atoms with Crippen LogP contribution in [0.25, 0.3) is 0 Å². The lowest BCUT2D eigenvalue weighted by atomic mass is 9.98. The molecule has 1 aliphatic heterocycles. The summed E-state index contributed by atoms with van der Waals surface area (Å²) in [4.78, 5) is 2.37. The Morgan fingerprint density at radius 3 is 2.89 bits per heavy atom. The molecule has 0 bridgehead atoms. The van der Waals surface area contributed by atoms with Crippen molar-refractivity contribution in [3.05, 3.63) is 52.4 Å². The Balaban J connectivity index is 1.86. The van der Waals surface area contributed by atoms with Gasteiger partial charge in [0.2, 0.25) is 0 Å². The number of rotatable bonds is 4. The Bertz CT molecular complexity index is 567. The number of anilines is 1. The largest absolute Gasteiger partial charge is 0.466 e. The third-order valence-electron chi connectivity index (χ3n) is 3.70. The Morgan fingerprint density at radius 2 is 2.16 bits per heavy atom. The van der Waals surface area contributed by atoms with Crippen molar-refractivity contribution >= 4 is 21.6 Å². The van der Waals surface area contributed by atoms with Crippen LogP contribution in [0.4, 0.5) is 5.69 Å². The molecular weight excluding hydrogens is 304 g/mol. The average molecular weight is 321 g/mol. The summed E-state index contributed by atoms with van der Waals surface area (Å²) in [6.45, 7) is 2.55. The minimum atomic E-state index is 0.537. The minimum Gasteiger partial charge on any atom is -0.466 e. The van der Waals surface area contributed by atoms with E-state index in [0.29, 0.717) is 5.92 Å². The molecule has 3 rings (SSSR count). The van der Waals surface area contributed by atoms with E-state index in [4.69, 9.17) is 10.2 Å². The number of benzene rings is 1. The van der Waals surface area contributed by atoms with E-state index in [0.717, 1.165) is 36.3 Å². The van der Waals surface area contributed by atoms with Crippen molar-refractivity contribution in [2.75, 3.05) is 18.0 Å². The van der Waals surface area contributed by atoms with Crippen molar-refractivity contribution in [1.82, 2.24) is 0 Å². The molecule has 2 N–H and O–H groups in total. The molecule has 2 aromatic rings. The predicted octanol–water partition coefficient (Wildman–Crippen LogP) is 3.49. The van der Waals surface area contributed by atoms with Gasteiger partial charge < -0.3 is 15.1 Å². The zero-order valence-corrected chi connectivity index (χ0v) is 12.3. The highest BCUT2D eigenvalue weighted by Gasteiger charge is 2.28. The van der Waals surface area contributed by atoms with Crippen molar-refractivity contribution in [3.63, 3.8) is 0 Å². The van der Waals surface area contributed by atoms with Gasteiger partial charge in [-0.15, -0.1) is 0 Å². The monoisotopic (exact) mass is 320 g/mol. The van der Waals surface area contributed by atoms with Gasteiger partial charge in [0.25, 0.3) is 0 Å². The smallest absolute Gasteiger partial charge is 0.137 e. The molecule has 2 heterocycles. The zero-order chi connectivity index (χ0) is 13.2. The summed E-state index contributed by atoms with van der Waals surface area (Å²) in [5.74, 6) is 1.51. The van der Waals surface area contributed by atoms with Gasteiger partial charge in [-0.2, -0.15) is 0 Å². The van der Waals surface area contributed by atoms with Crippen LogP contribution >= 0.6 is 15.9 Å². The van der Waals surface area contributed by atoms with Crippen LogP contribution in [0.15, 0.2) is 45.5 Å². The van der Waals surface area contributed by atoms with Crippen LogP contribution in [0.5, 0.6) is 0 Å². The zero-order valence-electron chi connectivity index (χ0n) is 10.7. The van der Waals surface area contributed by atoms with E-state index in [2.05, 4.69) is 45.1 Å². The summed E-state index contributed by atoms with van der Waals surface area (Å²) in [6.07, 6.45) is 2.76. The maximum absolute atomic E-state index is 5.73. The van der Waals surface area contributed by atoms with Gasteiger partial charge in [0, 0.05) is 18.2 Å². The Morgan fingerprint density at radius 1 is 1.32 bits per heavy atom. The first-order valence-electron chi connectivity index (χ1n) is 6.55. The second-order valence-electron chi connectivity index (χ2n) is 4.91. The minimum absolute atomic E-state index is 0.537. The van der Waals surface area contributed by atoms with Crippen LogP contribution in [0, 0.1) is 0 Å². The lowest BCUT2D eigenvalue weighted by Crippen LogP contribution is -2.22. The van der Waals surface area contributed by atoms with E-state index in [9.17, 15) is 0 Å². The Hall–Kier alpha value is -1.26. The van der Waals surface area contributed by atoms with E-state index in [1.54, 1.807) is 6.26 Å². The number of nitrogens with zero attached hydrogens (tertiary/aromatic N) is 1. The fraction of sp³-hybridized carbons (Fsp3) is 0.333. The van der Waals surface area contributed by atoms with Gasteiger partial charge in [0.15, 0.2) is 0 Å². The number of fused-ring (bicyclic) bond motifs is 1. The van der Waals surface area contributed by atoms with E-state index in [1.807, 2.05) is 6.07 Å². The molecule has 100 valence electrons. The molecular formula is C15H17BrN2O. The summed E-state index contributed by atoms with van der Waals surface area (Å²) in [5.41, 5.74) is 8.45. The Kier molecular flexibility index (Phi) is 3.62. The highest BCUT2D eigenvalue weighted by Crippen LogP contribution is 2.39. The average Bonchev–Trinajstić information content (AvgIpc) is 2.97. The first-order valence-corrected chi connectivity index (χ1v) is 7.34. The molecule has 0 saturated heterocycles. The molecule has 4 heteroatoms. The van der Waals surface area contributed by atoms with Crippen LogP contribution < -0.4 is 10.6 Å². The highest BCUT2D eigenvalue weighted by atomic mass is 79.9. The van der Waals surface area contributed by atoms with Crippen LogP contribution in [0.3, 0.4) is 0 Å². The molecule has 1 unspecified atom stereocenters. The highest BCUT2D eigenvalue weighted by molar-refractivity contribution is 9.10. The first-order chi connectivity index (χ1) is 9.29. The standard InChI is InChI=1S/C15H17BrN2O/c16-13-6-8-19-15(13)10-18-9-11(5-7-17)12-3-1-2-4-14(12)18/h1-4,6,8,11H,5,7,9-10,17H2. The van der Waals surface area contributed by atoms with E-state index in [-0.39, 0.29) is 0 Å². The second-order valence-corrected chi connectivity index (χ2v) is 5.76. The molecule has 0 spiro atoms. The molecule has 0 radical (unpaired) electrons. The number of furan rings is 1. The molecule has 0 aliphatic carbocycles. The molecule has 0 fully saturated rings. The Labute approximate surface area is 121 Å². The van der Waals surface area contributed by atoms with E-state index >= 15 is 0 Å². The van der Waals surface area contributed by atoms with Gasteiger partial charge in [0.1, 0.15) is 5.76 Å². The van der Waals surface area contributed by atoms with Crippen LogP contribution in [0.2, 0.25) is 0 Å². The normalized spacial score (nSPS) is 17.8. The van der Waals surface area contributed by atoms with Crippen LogP contribution in [-0.2, 0) is 6.54 Å². The van der Waals surface area contributed by atoms with Crippen molar-refractivity contribution in [2.45, 2.75) is 18.9 Å². The van der Waals surface area contributed by atoms with Gasteiger partial charge in [0.05, 0.1) is 17.3 Å². The fourth-order valence-electron chi connectivity index (χ4n) is 2.79. The molecule has 3 nitrogen and oxygen atoms in total. The predicted molar refractivity (Wildman–Crippen MR) is 80.3 cm³/mol. The van der Waals surface area contributed by atoms with Crippen molar-refractivity contribution in [2.24, 2.45) is 5.73 Å². The number of hydrogen-bond acceptors (Lipinski definition) is 3. The number of hydrogen-bond donors (Lipinski definition) is 1. The van der Waals surface area contributed by atoms with Gasteiger partial charge >= 0.3 is 0 Å². The molecule has 19 heavy (non-hydrogen) atoms. The lowest BCUT2D eigenvalue weighted by Gasteiger charge is -2.18. The summed E-state index contributed by atoms with van der Waals surface area (Å²) in [6, 6.07) is 10.5. The van der Waals surface area contributed by atoms with E-state index < -0.39 is 0 Å². The van der Waals surface area contributed by atoms with Crippen molar-refractivity contribution in [1.29, 1.82) is 0 Å². The lowest BCUT2D eigenvalue weighted by molar-refractivity contribution is 0.498. The number of nitrogens with two attached hydrogens (primary N) is 1. The summed E-state index contributed by atoms with van der Waals surface area (Å²) in [7, 11) is 0. The molecule has 0 amide bonds. The quantitative estimate of drug-likeness (QED) is 0.937. The van der Waals surface area contributed by atoms with Crippen molar-refractivity contribution < 1.29 is 4.42 Å². The van der Waals surface area contributed by atoms with Gasteiger partial charge in [-0.25, -0.2) is 0 Å². The van der Waals surface area contributed by atoms with Gasteiger partial charge in [-0.05, 0) is 46.6 Å². The molecule has 1 aliphatic rings. The molecule has 1 atom stereocenters. The van der Waals surface area contributed by atoms with E-state index in [1.165, 1.54) is 11.3 Å². The number of halogens is 1. The second kappa shape index (κ2) is 5.39. The van der Waals surface area contributed by atoms with Crippen molar-refractivity contribution in [3.8, 4) is 0 Å². The molecule has 1 aromatic carbocycles. The first kappa shape index (κ1) is 12.8. The summed E-state index contributed by atoms with van der Waals surface area (Å²) in [5, 5.41) is 0. The fourth-order valence-corrected chi connectivity index (χ4v) is 3.12. The third kappa shape index (κ3) is 2.42. The SMILES string of the molecule is NCCC1CN(Cc2occc2Br)c2ccccc21. The van der Waals surface area contributed by atoms with Crippen LogP contribution in [0.1, 0.15) is 23.7 Å². The molecule has 0 saturated carbocycles. The maximum atomic E-state index is 5.73.